The van der Waals surface area contributed by atoms with Crippen molar-refractivity contribution >= 4 is 11.8 Å². The topological polar surface area (TPSA) is 43.4 Å². The van der Waals surface area contributed by atoms with E-state index < -0.39 is 5.97 Å². The highest BCUT2D eigenvalue weighted by Gasteiger charge is 2.03. The molecular weight excluding hydrogens is 144 g/mol. The van der Waals surface area contributed by atoms with Gasteiger partial charge in [0.05, 0.1) is 7.11 Å². The van der Waals surface area contributed by atoms with Crippen molar-refractivity contribution in [3.8, 4) is 0 Å². The molecule has 0 saturated carbocycles. The molecule has 0 rings (SSSR count). The quantitative estimate of drug-likeness (QED) is 0.453. The van der Waals surface area contributed by atoms with Crippen molar-refractivity contribution < 1.29 is 14.3 Å². The second-order valence-electron chi connectivity index (χ2n) is 2.14. The SMILES string of the molecule is CCC(=O)/C=C(\C)C(=O)OC. The highest BCUT2D eigenvalue weighted by atomic mass is 16.5. The number of allylic oxidation sites excluding steroid dienone is 1. The number of carbonyl (C=O) groups excluding carboxylic acids is 2. The summed E-state index contributed by atoms with van der Waals surface area (Å²) < 4.78 is 4.40. The Kier molecular flexibility index (Phi) is 4.18. The summed E-state index contributed by atoms with van der Waals surface area (Å²) in [5.41, 5.74) is 0.347. The molecule has 0 fully saturated rings. The van der Waals surface area contributed by atoms with Gasteiger partial charge >= 0.3 is 5.97 Å². The molecule has 0 N–H and O–H groups in total. The van der Waals surface area contributed by atoms with Crippen molar-refractivity contribution in [1.29, 1.82) is 0 Å². The van der Waals surface area contributed by atoms with Crippen molar-refractivity contribution in [2.24, 2.45) is 0 Å². The van der Waals surface area contributed by atoms with Crippen LogP contribution < -0.4 is 0 Å². The van der Waals surface area contributed by atoms with E-state index in [-0.39, 0.29) is 5.78 Å². The second kappa shape index (κ2) is 4.66. The molecule has 0 heterocycles. The number of ketones is 1. The van der Waals surface area contributed by atoms with E-state index in [0.717, 1.165) is 0 Å². The summed E-state index contributed by atoms with van der Waals surface area (Å²) in [5, 5.41) is 0. The van der Waals surface area contributed by atoms with Gasteiger partial charge in [-0.25, -0.2) is 4.79 Å². The number of methoxy groups -OCH3 is 1. The highest BCUT2D eigenvalue weighted by molar-refractivity contribution is 5.98. The molecule has 0 saturated heterocycles. The Morgan fingerprint density at radius 2 is 2.00 bits per heavy atom. The van der Waals surface area contributed by atoms with Crippen molar-refractivity contribution in [2.45, 2.75) is 20.3 Å². The average molecular weight is 156 g/mol. The lowest BCUT2D eigenvalue weighted by atomic mass is 10.2. The Balaban J connectivity index is 4.21. The Morgan fingerprint density at radius 3 is 2.36 bits per heavy atom. The first-order chi connectivity index (χ1) is 5.11. The van der Waals surface area contributed by atoms with Gasteiger partial charge in [0, 0.05) is 12.0 Å². The maximum atomic E-state index is 10.8. The summed E-state index contributed by atoms with van der Waals surface area (Å²) in [6.45, 7) is 3.29. The summed E-state index contributed by atoms with van der Waals surface area (Å²) in [7, 11) is 1.29. The van der Waals surface area contributed by atoms with Gasteiger partial charge in [-0.15, -0.1) is 0 Å². The van der Waals surface area contributed by atoms with Gasteiger partial charge in [-0.05, 0) is 13.0 Å². The minimum atomic E-state index is -0.452. The van der Waals surface area contributed by atoms with Crippen LogP contribution in [0, 0.1) is 0 Å². The predicted octanol–water partition coefficient (Wildman–Crippen LogP) is 1.08. The van der Waals surface area contributed by atoms with Crippen LogP contribution in [0.5, 0.6) is 0 Å². The molecular formula is C8H12O3. The zero-order valence-corrected chi connectivity index (χ0v) is 7.01. The third-order valence-electron chi connectivity index (χ3n) is 1.23. The lowest BCUT2D eigenvalue weighted by molar-refractivity contribution is -0.136. The van der Waals surface area contributed by atoms with Crippen molar-refractivity contribution in [2.75, 3.05) is 7.11 Å². The van der Waals surface area contributed by atoms with E-state index in [1.54, 1.807) is 13.8 Å². The lowest BCUT2D eigenvalue weighted by Gasteiger charge is -1.96. The van der Waals surface area contributed by atoms with Gasteiger partial charge in [0.15, 0.2) is 5.78 Å². The standard InChI is InChI=1S/C8H12O3/c1-4-7(9)5-6(2)8(10)11-3/h5H,4H2,1-3H3/b6-5+. The molecule has 0 aliphatic rings. The van der Waals surface area contributed by atoms with E-state index in [1.807, 2.05) is 0 Å². The van der Waals surface area contributed by atoms with E-state index in [9.17, 15) is 9.59 Å². The number of carbonyl (C=O) groups is 2. The van der Waals surface area contributed by atoms with Gasteiger partial charge < -0.3 is 4.74 Å². The number of rotatable bonds is 3. The first-order valence-corrected chi connectivity index (χ1v) is 3.41. The first-order valence-electron chi connectivity index (χ1n) is 3.41. The molecule has 0 spiro atoms. The van der Waals surface area contributed by atoms with Gasteiger partial charge in [-0.3, -0.25) is 4.79 Å². The third kappa shape index (κ3) is 3.55. The van der Waals surface area contributed by atoms with Crippen LogP contribution in [-0.4, -0.2) is 18.9 Å². The van der Waals surface area contributed by atoms with Crippen LogP contribution in [0.4, 0.5) is 0 Å². The van der Waals surface area contributed by atoms with E-state index in [1.165, 1.54) is 13.2 Å². The van der Waals surface area contributed by atoms with E-state index in [0.29, 0.717) is 12.0 Å². The minimum absolute atomic E-state index is 0.0621. The van der Waals surface area contributed by atoms with Crippen LogP contribution in [-0.2, 0) is 14.3 Å². The Hall–Kier alpha value is -1.12. The van der Waals surface area contributed by atoms with E-state index in [4.69, 9.17) is 0 Å². The molecule has 0 bridgehead atoms. The number of esters is 1. The van der Waals surface area contributed by atoms with Crippen LogP contribution in [0.1, 0.15) is 20.3 Å². The number of hydrogen-bond donors (Lipinski definition) is 0. The van der Waals surface area contributed by atoms with Crippen LogP contribution in [0.25, 0.3) is 0 Å². The molecule has 0 aliphatic carbocycles. The zero-order chi connectivity index (χ0) is 8.85. The van der Waals surface area contributed by atoms with Gasteiger partial charge in [0.1, 0.15) is 0 Å². The smallest absolute Gasteiger partial charge is 0.333 e. The largest absolute Gasteiger partial charge is 0.466 e. The highest BCUT2D eigenvalue weighted by Crippen LogP contribution is 1.96. The van der Waals surface area contributed by atoms with Crippen molar-refractivity contribution in [3.05, 3.63) is 11.6 Å². The maximum absolute atomic E-state index is 10.8. The molecule has 0 aromatic carbocycles. The summed E-state index contributed by atoms with van der Waals surface area (Å²) in [4.78, 5) is 21.5. The Morgan fingerprint density at radius 1 is 1.45 bits per heavy atom. The Labute approximate surface area is 66.0 Å². The molecule has 0 aromatic rings. The predicted molar refractivity (Wildman–Crippen MR) is 41.1 cm³/mol. The van der Waals surface area contributed by atoms with Gasteiger partial charge in [0.2, 0.25) is 0 Å². The summed E-state index contributed by atoms with van der Waals surface area (Å²) in [6.07, 6.45) is 1.71. The van der Waals surface area contributed by atoms with Crippen molar-refractivity contribution in [3.63, 3.8) is 0 Å². The summed E-state index contributed by atoms with van der Waals surface area (Å²) in [5.74, 6) is -0.514. The van der Waals surface area contributed by atoms with Gasteiger partial charge in [-0.1, -0.05) is 6.92 Å². The lowest BCUT2D eigenvalue weighted by Crippen LogP contribution is -2.03. The molecule has 0 radical (unpaired) electrons. The van der Waals surface area contributed by atoms with E-state index in [2.05, 4.69) is 4.74 Å². The van der Waals surface area contributed by atoms with Crippen LogP contribution in [0.2, 0.25) is 0 Å². The maximum Gasteiger partial charge on any atom is 0.333 e. The molecule has 0 aromatic heterocycles. The normalized spacial score (nSPS) is 11.0. The molecule has 3 heteroatoms. The monoisotopic (exact) mass is 156 g/mol. The minimum Gasteiger partial charge on any atom is -0.466 e. The van der Waals surface area contributed by atoms with Gasteiger partial charge in [0.25, 0.3) is 0 Å². The van der Waals surface area contributed by atoms with Crippen LogP contribution in [0.15, 0.2) is 11.6 Å². The molecule has 0 unspecified atom stereocenters. The molecule has 0 aliphatic heterocycles. The fourth-order valence-corrected chi connectivity index (χ4v) is 0.563. The first kappa shape index (κ1) is 9.88. The number of ether oxygens (including phenoxy) is 1. The Bertz CT molecular complexity index is 192. The third-order valence-corrected chi connectivity index (χ3v) is 1.23. The van der Waals surface area contributed by atoms with Crippen LogP contribution >= 0.6 is 0 Å². The van der Waals surface area contributed by atoms with Crippen molar-refractivity contribution in [1.82, 2.24) is 0 Å². The molecule has 3 nitrogen and oxygen atoms in total. The van der Waals surface area contributed by atoms with E-state index >= 15 is 0 Å². The number of hydrogen-bond acceptors (Lipinski definition) is 3. The molecule has 0 amide bonds. The van der Waals surface area contributed by atoms with Crippen LogP contribution in [0.3, 0.4) is 0 Å². The van der Waals surface area contributed by atoms with Gasteiger partial charge in [-0.2, -0.15) is 0 Å². The fourth-order valence-electron chi connectivity index (χ4n) is 0.563. The molecule has 0 atom stereocenters. The summed E-state index contributed by atoms with van der Waals surface area (Å²) in [6, 6.07) is 0. The average Bonchev–Trinajstić information content (AvgIpc) is 2.02. The fraction of sp³-hybridized carbons (Fsp3) is 0.500. The second-order valence-corrected chi connectivity index (χ2v) is 2.14. The molecule has 62 valence electrons. The summed E-state index contributed by atoms with van der Waals surface area (Å²) >= 11 is 0. The molecule has 11 heavy (non-hydrogen) atoms. The zero-order valence-electron chi connectivity index (χ0n) is 7.01.